The average molecular weight is 292 g/mol. The number of pyridine rings is 1. The van der Waals surface area contributed by atoms with Crippen LogP contribution in [0.3, 0.4) is 0 Å². The summed E-state index contributed by atoms with van der Waals surface area (Å²) in [5.74, 6) is 0.273. The molecule has 108 valence electrons. The van der Waals surface area contributed by atoms with Gasteiger partial charge in [0, 0.05) is 17.5 Å². The molecule has 1 rings (SSSR count). The molecule has 19 heavy (non-hydrogen) atoms. The van der Waals surface area contributed by atoms with Crippen LogP contribution in [-0.2, 0) is 6.18 Å². The van der Waals surface area contributed by atoms with Gasteiger partial charge in [-0.05, 0) is 31.2 Å². The molecular formula is C13H19F3N2S. The summed E-state index contributed by atoms with van der Waals surface area (Å²) in [6, 6.07) is 2.03. The second-order valence-electron chi connectivity index (χ2n) is 4.38. The Balaban J connectivity index is 2.78. The van der Waals surface area contributed by atoms with Crippen LogP contribution in [0.15, 0.2) is 18.3 Å². The van der Waals surface area contributed by atoms with Gasteiger partial charge in [0.15, 0.2) is 0 Å². The number of anilines is 1. The van der Waals surface area contributed by atoms with Crippen molar-refractivity contribution in [3.05, 3.63) is 23.9 Å². The van der Waals surface area contributed by atoms with Gasteiger partial charge in [-0.15, -0.1) is 0 Å². The summed E-state index contributed by atoms with van der Waals surface area (Å²) in [4.78, 5) is 3.94. The molecule has 0 saturated carbocycles. The van der Waals surface area contributed by atoms with Gasteiger partial charge in [-0.3, -0.25) is 0 Å². The summed E-state index contributed by atoms with van der Waals surface area (Å²) in [6.07, 6.45) is 0.788. The number of hydrogen-bond acceptors (Lipinski definition) is 3. The fourth-order valence-electron chi connectivity index (χ4n) is 1.82. The number of nitrogens with one attached hydrogen (secondary N) is 1. The molecular weight excluding hydrogens is 273 g/mol. The minimum absolute atomic E-state index is 0.0376. The zero-order chi connectivity index (χ0) is 14.5. The van der Waals surface area contributed by atoms with Gasteiger partial charge < -0.3 is 5.32 Å². The largest absolute Gasteiger partial charge is 0.416 e. The van der Waals surface area contributed by atoms with Crippen LogP contribution in [0.2, 0.25) is 0 Å². The number of rotatable bonds is 6. The van der Waals surface area contributed by atoms with Gasteiger partial charge in [-0.2, -0.15) is 24.9 Å². The number of nitrogens with zero attached hydrogens (tertiary/aromatic N) is 1. The van der Waals surface area contributed by atoms with Crippen LogP contribution in [0, 0.1) is 0 Å². The predicted molar refractivity (Wildman–Crippen MR) is 74.6 cm³/mol. The van der Waals surface area contributed by atoms with Crippen molar-refractivity contribution in [3.8, 4) is 0 Å². The maximum atomic E-state index is 12.6. The molecule has 0 aliphatic rings. The Morgan fingerprint density at radius 1 is 1.26 bits per heavy atom. The highest BCUT2D eigenvalue weighted by Gasteiger charge is 2.31. The summed E-state index contributed by atoms with van der Waals surface area (Å²) < 4.78 is 37.8. The second kappa shape index (κ2) is 6.50. The number of aromatic nitrogens is 1. The van der Waals surface area contributed by atoms with Crippen molar-refractivity contribution >= 4 is 17.6 Å². The molecule has 2 nitrogen and oxygen atoms in total. The molecule has 1 aromatic rings. The predicted octanol–water partition coefficient (Wildman–Crippen LogP) is 4.43. The molecule has 0 spiro atoms. The third kappa shape index (κ3) is 4.30. The summed E-state index contributed by atoms with van der Waals surface area (Å²) in [5.41, 5.74) is -0.673. The molecule has 0 aromatic carbocycles. The van der Waals surface area contributed by atoms with Crippen LogP contribution in [0.5, 0.6) is 0 Å². The minimum atomic E-state index is -4.33. The fourth-order valence-corrected chi connectivity index (χ4v) is 2.61. The van der Waals surface area contributed by atoms with Crippen molar-refractivity contribution in [1.82, 2.24) is 4.98 Å². The van der Waals surface area contributed by atoms with Gasteiger partial charge in [-0.25, -0.2) is 4.98 Å². The number of halogens is 3. The lowest BCUT2D eigenvalue weighted by Gasteiger charge is -2.30. The first kappa shape index (κ1) is 16.1. The lowest BCUT2D eigenvalue weighted by Crippen LogP contribution is -2.32. The van der Waals surface area contributed by atoms with E-state index in [9.17, 15) is 13.2 Å². The highest BCUT2D eigenvalue weighted by atomic mass is 32.2. The normalized spacial score (nSPS) is 12.5. The summed E-state index contributed by atoms with van der Waals surface area (Å²) >= 11 is 1.73. The fraction of sp³-hybridized carbons (Fsp3) is 0.615. The van der Waals surface area contributed by atoms with Crippen LogP contribution in [0.25, 0.3) is 0 Å². The van der Waals surface area contributed by atoms with E-state index in [0.29, 0.717) is 6.54 Å². The van der Waals surface area contributed by atoms with Crippen LogP contribution >= 0.6 is 11.8 Å². The van der Waals surface area contributed by atoms with Gasteiger partial charge >= 0.3 is 6.18 Å². The zero-order valence-electron chi connectivity index (χ0n) is 11.3. The number of thioether (sulfide) groups is 1. The van der Waals surface area contributed by atoms with Gasteiger partial charge in [0.05, 0.1) is 5.56 Å². The third-order valence-corrected chi connectivity index (χ3v) is 4.99. The Hall–Kier alpha value is -0.910. The number of alkyl halides is 3. The SMILES string of the molecule is CCC(CC)(CNc1cc(C(F)(F)F)ccn1)SC. The van der Waals surface area contributed by atoms with E-state index < -0.39 is 11.7 Å². The van der Waals surface area contributed by atoms with E-state index in [4.69, 9.17) is 0 Å². The smallest absolute Gasteiger partial charge is 0.369 e. The van der Waals surface area contributed by atoms with Crippen molar-refractivity contribution in [2.75, 3.05) is 18.1 Å². The van der Waals surface area contributed by atoms with Gasteiger partial charge in [0.1, 0.15) is 5.82 Å². The summed E-state index contributed by atoms with van der Waals surface area (Å²) in [6.45, 7) is 4.78. The molecule has 0 fully saturated rings. The van der Waals surface area contributed by atoms with Gasteiger partial charge in [0.25, 0.3) is 0 Å². The van der Waals surface area contributed by atoms with Crippen molar-refractivity contribution < 1.29 is 13.2 Å². The molecule has 1 heterocycles. The Morgan fingerprint density at radius 3 is 2.37 bits per heavy atom. The minimum Gasteiger partial charge on any atom is -0.369 e. The highest BCUT2D eigenvalue weighted by molar-refractivity contribution is 8.00. The molecule has 0 unspecified atom stereocenters. The van der Waals surface area contributed by atoms with Crippen LogP contribution in [0.1, 0.15) is 32.3 Å². The standard InChI is InChI=1S/C13H19F3N2S/c1-4-12(5-2,19-3)9-18-11-8-10(6-7-17-11)13(14,15)16/h6-8H,4-5,9H2,1-3H3,(H,17,18). The van der Waals surface area contributed by atoms with Gasteiger partial charge in [0.2, 0.25) is 0 Å². The number of hydrogen-bond donors (Lipinski definition) is 1. The third-order valence-electron chi connectivity index (χ3n) is 3.40. The lowest BCUT2D eigenvalue weighted by molar-refractivity contribution is -0.137. The quantitative estimate of drug-likeness (QED) is 0.839. The molecule has 0 aliphatic heterocycles. The van der Waals surface area contributed by atoms with E-state index in [1.165, 1.54) is 6.20 Å². The van der Waals surface area contributed by atoms with E-state index in [1.807, 2.05) is 6.26 Å². The lowest BCUT2D eigenvalue weighted by atomic mass is 10.0. The molecule has 1 aromatic heterocycles. The maximum absolute atomic E-state index is 12.6. The molecule has 0 bridgehead atoms. The summed E-state index contributed by atoms with van der Waals surface area (Å²) in [7, 11) is 0. The monoisotopic (exact) mass is 292 g/mol. The van der Waals surface area contributed by atoms with E-state index in [1.54, 1.807) is 11.8 Å². The van der Waals surface area contributed by atoms with Crippen molar-refractivity contribution in [1.29, 1.82) is 0 Å². The first-order valence-corrected chi connectivity index (χ1v) is 7.41. The molecule has 0 radical (unpaired) electrons. The van der Waals surface area contributed by atoms with E-state index >= 15 is 0 Å². The topological polar surface area (TPSA) is 24.9 Å². The van der Waals surface area contributed by atoms with E-state index in [2.05, 4.69) is 24.1 Å². The van der Waals surface area contributed by atoms with Crippen molar-refractivity contribution in [2.24, 2.45) is 0 Å². The average Bonchev–Trinajstić information content (AvgIpc) is 2.40. The highest BCUT2D eigenvalue weighted by Crippen LogP contribution is 2.32. The maximum Gasteiger partial charge on any atom is 0.416 e. The Kier molecular flexibility index (Phi) is 5.52. The first-order valence-electron chi connectivity index (χ1n) is 6.19. The van der Waals surface area contributed by atoms with Crippen LogP contribution in [-0.4, -0.2) is 22.5 Å². The van der Waals surface area contributed by atoms with E-state index in [-0.39, 0.29) is 10.6 Å². The zero-order valence-corrected chi connectivity index (χ0v) is 12.2. The Labute approximate surface area is 116 Å². The molecule has 1 N–H and O–H groups in total. The molecule has 0 aliphatic carbocycles. The molecule has 0 saturated heterocycles. The molecule has 0 amide bonds. The Bertz CT molecular complexity index is 395. The van der Waals surface area contributed by atoms with E-state index in [0.717, 1.165) is 25.0 Å². The van der Waals surface area contributed by atoms with Crippen molar-refractivity contribution in [2.45, 2.75) is 37.6 Å². The molecule has 6 heteroatoms. The van der Waals surface area contributed by atoms with Gasteiger partial charge in [-0.1, -0.05) is 13.8 Å². The second-order valence-corrected chi connectivity index (χ2v) is 5.65. The Morgan fingerprint density at radius 2 is 1.89 bits per heavy atom. The first-order chi connectivity index (χ1) is 8.87. The van der Waals surface area contributed by atoms with Crippen molar-refractivity contribution in [3.63, 3.8) is 0 Å². The molecule has 0 atom stereocenters. The van der Waals surface area contributed by atoms with Crippen LogP contribution < -0.4 is 5.32 Å². The summed E-state index contributed by atoms with van der Waals surface area (Å²) in [5, 5.41) is 3.02. The van der Waals surface area contributed by atoms with Crippen LogP contribution in [0.4, 0.5) is 19.0 Å².